The molecule has 124 valence electrons. The molecule has 25 heavy (non-hydrogen) atoms. The SMILES string of the molecule is O=P1(O)OC2(C=Cc3ccccc3[C@@H]2c2cccc3ccccc23)O1. The zero-order valence-electron chi connectivity index (χ0n) is 13.2. The number of benzene rings is 3. The smallest absolute Gasteiger partial charge is 0.302 e. The lowest BCUT2D eigenvalue weighted by Gasteiger charge is -2.48. The largest absolute Gasteiger partial charge is 0.477 e. The molecule has 0 radical (unpaired) electrons. The monoisotopic (exact) mass is 350 g/mol. The second kappa shape index (κ2) is 5.13. The maximum Gasteiger partial charge on any atom is 0.477 e. The van der Waals surface area contributed by atoms with E-state index in [-0.39, 0.29) is 5.92 Å². The Balaban J connectivity index is 1.78. The van der Waals surface area contributed by atoms with Gasteiger partial charge in [0.2, 0.25) is 5.79 Å². The van der Waals surface area contributed by atoms with Crippen LogP contribution in [0.5, 0.6) is 0 Å². The summed E-state index contributed by atoms with van der Waals surface area (Å²) in [5, 5.41) is 2.18. The fourth-order valence-corrected chi connectivity index (χ4v) is 4.93. The van der Waals surface area contributed by atoms with Crippen LogP contribution < -0.4 is 0 Å². The van der Waals surface area contributed by atoms with Crippen molar-refractivity contribution < 1.29 is 18.5 Å². The Hall–Kier alpha value is -2.23. The van der Waals surface area contributed by atoms with E-state index in [0.717, 1.165) is 27.5 Å². The van der Waals surface area contributed by atoms with E-state index in [0.29, 0.717) is 0 Å². The van der Waals surface area contributed by atoms with Gasteiger partial charge in [-0.2, -0.15) is 0 Å². The molecule has 0 amide bonds. The summed E-state index contributed by atoms with van der Waals surface area (Å²) in [4.78, 5) is 9.63. The molecule has 3 aromatic carbocycles. The minimum atomic E-state index is -3.98. The Bertz CT molecular complexity index is 1060. The predicted molar refractivity (Wildman–Crippen MR) is 96.0 cm³/mol. The molecule has 0 unspecified atom stereocenters. The number of phosphoric ester groups is 1. The molecule has 0 saturated carbocycles. The van der Waals surface area contributed by atoms with Crippen molar-refractivity contribution in [3.05, 3.63) is 89.5 Å². The molecule has 1 N–H and O–H groups in total. The first kappa shape index (κ1) is 15.1. The lowest BCUT2D eigenvalue weighted by molar-refractivity contribution is -0.190. The summed E-state index contributed by atoms with van der Waals surface area (Å²) in [6.07, 6.45) is 3.63. The Morgan fingerprint density at radius 1 is 0.880 bits per heavy atom. The van der Waals surface area contributed by atoms with Crippen molar-refractivity contribution in [3.63, 3.8) is 0 Å². The Morgan fingerprint density at radius 2 is 1.56 bits per heavy atom. The third kappa shape index (κ3) is 2.23. The fraction of sp³-hybridized carbons (Fsp3) is 0.100. The molecule has 0 aromatic heterocycles. The van der Waals surface area contributed by atoms with Gasteiger partial charge in [0.05, 0.1) is 5.92 Å². The molecule has 4 nitrogen and oxygen atoms in total. The average molecular weight is 350 g/mol. The highest BCUT2D eigenvalue weighted by atomic mass is 31.2. The van der Waals surface area contributed by atoms with Gasteiger partial charge >= 0.3 is 7.82 Å². The van der Waals surface area contributed by atoms with Crippen LogP contribution in [-0.2, 0) is 13.6 Å². The van der Waals surface area contributed by atoms with E-state index in [4.69, 9.17) is 9.05 Å². The molecule has 1 heterocycles. The molecule has 2 aliphatic rings. The van der Waals surface area contributed by atoms with Crippen molar-refractivity contribution in [2.75, 3.05) is 0 Å². The van der Waals surface area contributed by atoms with E-state index in [1.165, 1.54) is 0 Å². The normalized spacial score (nSPS) is 30.2. The van der Waals surface area contributed by atoms with Crippen LogP contribution in [0.2, 0.25) is 0 Å². The standard InChI is InChI=1S/C20H15O4P/c21-25(22)23-20(24-25)13-12-15-7-2-4-10-17(15)19(20)18-11-5-8-14-6-1-3-9-16(14)18/h1-13,19H,(H,21,22)/t19-/m1/s1. The van der Waals surface area contributed by atoms with Crippen LogP contribution in [0.3, 0.4) is 0 Å². The van der Waals surface area contributed by atoms with Gasteiger partial charge in [-0.25, -0.2) is 13.6 Å². The summed E-state index contributed by atoms with van der Waals surface area (Å²) in [5.74, 6) is -1.57. The lowest BCUT2D eigenvalue weighted by atomic mass is 9.77. The molecule has 1 spiro atoms. The van der Waals surface area contributed by atoms with Crippen LogP contribution in [-0.4, -0.2) is 10.7 Å². The van der Waals surface area contributed by atoms with Gasteiger partial charge in [-0.1, -0.05) is 72.8 Å². The number of hydrogen-bond donors (Lipinski definition) is 1. The zero-order valence-corrected chi connectivity index (χ0v) is 14.1. The first-order valence-electron chi connectivity index (χ1n) is 8.08. The number of fused-ring (bicyclic) bond motifs is 2. The van der Waals surface area contributed by atoms with Crippen molar-refractivity contribution in [2.45, 2.75) is 11.7 Å². The Labute approximate surface area is 144 Å². The fourth-order valence-electron chi connectivity index (χ4n) is 3.86. The predicted octanol–water partition coefficient (Wildman–Crippen LogP) is 4.84. The van der Waals surface area contributed by atoms with Crippen molar-refractivity contribution in [3.8, 4) is 0 Å². The number of hydrogen-bond acceptors (Lipinski definition) is 3. The van der Waals surface area contributed by atoms with Crippen molar-refractivity contribution >= 4 is 24.7 Å². The van der Waals surface area contributed by atoms with Gasteiger partial charge in [0.15, 0.2) is 0 Å². The lowest BCUT2D eigenvalue weighted by Crippen LogP contribution is -2.48. The molecule has 1 aliphatic heterocycles. The van der Waals surface area contributed by atoms with E-state index in [9.17, 15) is 9.46 Å². The zero-order chi connectivity index (χ0) is 17.1. The topological polar surface area (TPSA) is 55.8 Å². The quantitative estimate of drug-likeness (QED) is 0.638. The van der Waals surface area contributed by atoms with Crippen molar-refractivity contribution in [1.29, 1.82) is 0 Å². The Kier molecular flexibility index (Phi) is 3.09. The summed E-state index contributed by atoms with van der Waals surface area (Å²) < 4.78 is 22.6. The first-order valence-corrected chi connectivity index (χ1v) is 9.58. The van der Waals surface area contributed by atoms with Gasteiger partial charge in [0.25, 0.3) is 0 Å². The summed E-state index contributed by atoms with van der Waals surface area (Å²) >= 11 is 0. The maximum absolute atomic E-state index is 11.8. The van der Waals surface area contributed by atoms with Gasteiger partial charge in [-0.05, 0) is 33.5 Å². The van der Waals surface area contributed by atoms with Gasteiger partial charge in [-0.3, -0.25) is 0 Å². The summed E-state index contributed by atoms with van der Waals surface area (Å²) in [7, 11) is -3.98. The highest BCUT2D eigenvalue weighted by molar-refractivity contribution is 7.48. The van der Waals surface area contributed by atoms with Gasteiger partial charge in [0, 0.05) is 0 Å². The molecule has 3 aromatic rings. The molecule has 1 fully saturated rings. The molecule has 5 rings (SSSR count). The van der Waals surface area contributed by atoms with Crippen LogP contribution in [0, 0.1) is 0 Å². The molecule has 1 atom stereocenters. The minimum Gasteiger partial charge on any atom is -0.302 e. The summed E-state index contributed by atoms with van der Waals surface area (Å²) in [5.41, 5.74) is 3.08. The number of phosphoric acid groups is 1. The summed E-state index contributed by atoms with van der Waals surface area (Å²) in [6.45, 7) is 0. The molecular formula is C20H15O4P. The highest BCUT2D eigenvalue weighted by Gasteiger charge is 2.60. The van der Waals surface area contributed by atoms with Gasteiger partial charge in [-0.15, -0.1) is 0 Å². The van der Waals surface area contributed by atoms with Crippen LogP contribution in [0.4, 0.5) is 0 Å². The Morgan fingerprint density at radius 3 is 2.40 bits per heavy atom. The van der Waals surface area contributed by atoms with Crippen LogP contribution >= 0.6 is 7.82 Å². The third-order valence-corrected chi connectivity index (χ3v) is 5.89. The molecule has 5 heteroatoms. The molecule has 0 bridgehead atoms. The van der Waals surface area contributed by atoms with Crippen molar-refractivity contribution in [2.24, 2.45) is 0 Å². The van der Waals surface area contributed by atoms with E-state index in [1.54, 1.807) is 6.08 Å². The summed E-state index contributed by atoms with van der Waals surface area (Å²) in [6, 6.07) is 22.1. The molecule has 1 saturated heterocycles. The minimum absolute atomic E-state index is 0.325. The highest BCUT2D eigenvalue weighted by Crippen LogP contribution is 2.68. The van der Waals surface area contributed by atoms with Crippen LogP contribution in [0.15, 0.2) is 72.8 Å². The molecule has 1 aliphatic carbocycles. The van der Waals surface area contributed by atoms with E-state index in [1.807, 2.05) is 54.6 Å². The van der Waals surface area contributed by atoms with E-state index >= 15 is 0 Å². The number of rotatable bonds is 1. The van der Waals surface area contributed by atoms with Crippen LogP contribution in [0.25, 0.3) is 16.8 Å². The van der Waals surface area contributed by atoms with Gasteiger partial charge < -0.3 is 4.89 Å². The van der Waals surface area contributed by atoms with E-state index in [2.05, 4.69) is 18.2 Å². The second-order valence-electron chi connectivity index (χ2n) is 6.34. The average Bonchev–Trinajstić information content (AvgIpc) is 2.60. The van der Waals surface area contributed by atoms with E-state index < -0.39 is 13.6 Å². The van der Waals surface area contributed by atoms with Gasteiger partial charge in [0.1, 0.15) is 0 Å². The third-order valence-electron chi connectivity index (χ3n) is 4.86. The second-order valence-corrected chi connectivity index (χ2v) is 7.64. The maximum atomic E-state index is 11.8. The molecular weight excluding hydrogens is 335 g/mol. The van der Waals surface area contributed by atoms with Crippen molar-refractivity contribution in [1.82, 2.24) is 0 Å². The van der Waals surface area contributed by atoms with Crippen LogP contribution in [0.1, 0.15) is 22.6 Å². The first-order chi connectivity index (χ1) is 12.1.